The van der Waals surface area contributed by atoms with Crippen molar-refractivity contribution in [3.63, 3.8) is 0 Å². The molecule has 0 radical (unpaired) electrons. The molecule has 2 saturated heterocycles. The van der Waals surface area contributed by atoms with Crippen molar-refractivity contribution < 1.29 is 24.3 Å². The van der Waals surface area contributed by atoms with Gasteiger partial charge in [0.1, 0.15) is 0 Å². The largest absolute Gasteiger partial charge is 0.481 e. The molecule has 2 rings (SSSR count). The molecule has 188 valence electrons. The molecule has 0 saturated carbocycles. The molecule has 2 fully saturated rings. The van der Waals surface area contributed by atoms with E-state index in [9.17, 15) is 19.2 Å². The number of hydrogen-bond acceptors (Lipinski definition) is 7. The summed E-state index contributed by atoms with van der Waals surface area (Å²) < 4.78 is 0. The maximum absolute atomic E-state index is 12.3. The Morgan fingerprint density at radius 3 is 2.06 bits per heavy atom. The summed E-state index contributed by atoms with van der Waals surface area (Å²) in [5, 5.41) is 16.6. The van der Waals surface area contributed by atoms with Crippen molar-refractivity contribution in [3.05, 3.63) is 0 Å². The molecule has 3 amide bonds. The number of nitrogens with zero attached hydrogens (tertiary/aromatic N) is 3. The second kappa shape index (κ2) is 14.8. The Morgan fingerprint density at radius 2 is 1.42 bits per heavy atom. The van der Waals surface area contributed by atoms with Crippen LogP contribution < -0.4 is 16.0 Å². The molecule has 1 atom stereocenters. The van der Waals surface area contributed by atoms with Gasteiger partial charge in [0.15, 0.2) is 0 Å². The minimum absolute atomic E-state index is 0.0113. The molecule has 2 heterocycles. The average molecular weight is 482 g/mol. The summed E-state index contributed by atoms with van der Waals surface area (Å²) >= 11 is 0. The molecule has 33 heavy (non-hydrogen) atoms. The van der Waals surface area contributed by atoms with Gasteiger partial charge in [-0.25, -0.2) is 0 Å². The molecular weight excluding hydrogens is 441 g/mol. The Bertz CT molecular complexity index is 653. The fraction of sp³-hybridized carbons (Fsp3) is 0.818. The molecule has 2 aliphatic rings. The number of carboxylic acid groups (broad SMARTS) is 1. The number of carboxylic acids is 1. The Hall–Kier alpha value is -2.24. The van der Waals surface area contributed by atoms with Crippen molar-refractivity contribution in [2.24, 2.45) is 0 Å². The van der Waals surface area contributed by atoms with Crippen LogP contribution in [0.15, 0.2) is 0 Å². The normalized spacial score (nSPS) is 19.8. The van der Waals surface area contributed by atoms with Crippen LogP contribution in [0.5, 0.6) is 0 Å². The molecule has 0 spiro atoms. The fourth-order valence-corrected chi connectivity index (χ4v) is 4.15. The van der Waals surface area contributed by atoms with Gasteiger partial charge in [-0.15, -0.1) is 0 Å². The highest BCUT2D eigenvalue weighted by molar-refractivity contribution is 5.81. The van der Waals surface area contributed by atoms with Gasteiger partial charge in [-0.2, -0.15) is 0 Å². The predicted octanol–water partition coefficient (Wildman–Crippen LogP) is -1.31. The Kier molecular flexibility index (Phi) is 12.1. The van der Waals surface area contributed by atoms with E-state index in [1.54, 1.807) is 0 Å². The summed E-state index contributed by atoms with van der Waals surface area (Å²) in [7, 11) is 2.15. The smallest absolute Gasteiger partial charge is 0.303 e. The second-order valence-electron chi connectivity index (χ2n) is 8.92. The SMILES string of the molecule is CN1CCN(CC2CCCN2C[13C](=O)[15NH][13CH2][13CH2][13C](=O)[15NH][13CH2][13CH2]C(=O)[15NH][13CH2][13CH2][13CH2][13C](=O)O)CC1. The van der Waals surface area contributed by atoms with Gasteiger partial charge in [0.05, 0.1) is 6.54 Å². The molecule has 11 nitrogen and oxygen atoms in total. The minimum Gasteiger partial charge on any atom is -0.481 e. The third-order valence-electron chi connectivity index (χ3n) is 6.15. The summed E-state index contributed by atoms with van der Waals surface area (Å²) in [6, 6.07) is 0.415. The number of carbonyl (C=O) groups is 4. The number of aliphatic carboxylic acids is 1. The lowest BCUT2D eigenvalue weighted by atomic mass is 10.2. The van der Waals surface area contributed by atoms with Gasteiger partial charge in [0, 0.05) is 77.7 Å². The summed E-state index contributed by atoms with van der Waals surface area (Å²) in [6.07, 6.45) is 2.92. The van der Waals surface area contributed by atoms with Gasteiger partial charge in [0.2, 0.25) is 17.7 Å². The van der Waals surface area contributed by atoms with Gasteiger partial charge in [-0.1, -0.05) is 0 Å². The van der Waals surface area contributed by atoms with Crippen molar-refractivity contribution in [1.29, 1.82) is 0 Å². The molecule has 2 aliphatic heterocycles. The maximum Gasteiger partial charge on any atom is 0.303 e. The van der Waals surface area contributed by atoms with Crippen LogP contribution in [0.2, 0.25) is 0 Å². The Balaban J connectivity index is 1.52. The van der Waals surface area contributed by atoms with Gasteiger partial charge < -0.3 is 26.0 Å². The van der Waals surface area contributed by atoms with E-state index in [0.717, 1.165) is 52.1 Å². The van der Waals surface area contributed by atoms with Crippen LogP contribution in [0, 0.1) is 0 Å². The number of nitrogens with one attached hydrogen (secondary N) is 3. The quantitative estimate of drug-likeness (QED) is 0.137. The zero-order chi connectivity index (χ0) is 24.1. The Morgan fingerprint density at radius 1 is 0.818 bits per heavy atom. The van der Waals surface area contributed by atoms with Gasteiger partial charge in [-0.3, -0.25) is 29.0 Å². The van der Waals surface area contributed by atoms with Crippen LogP contribution in [0.1, 0.15) is 38.5 Å². The van der Waals surface area contributed by atoms with Gasteiger partial charge in [0.25, 0.3) is 0 Å². The van der Waals surface area contributed by atoms with Gasteiger partial charge >= 0.3 is 5.97 Å². The van der Waals surface area contributed by atoms with Crippen LogP contribution in [0.3, 0.4) is 0 Å². The third-order valence-corrected chi connectivity index (χ3v) is 6.15. The molecule has 1 unspecified atom stereocenters. The maximum atomic E-state index is 12.3. The number of hydrogen-bond donors (Lipinski definition) is 4. The summed E-state index contributed by atoms with van der Waals surface area (Å²) in [5.74, 6) is -1.41. The Labute approximate surface area is 196 Å². The standard InChI is InChI=1S/C22H40N6O5/c1-26-12-14-27(15-13-26)16-18-4-3-11-28(18)17-21(31)25-10-7-20(30)24-9-6-19(29)23-8-2-5-22(32)33/h18H,2-17H2,1H3,(H,23,29)(H,24,30)(H,25,31)(H,32,33)/i2+1,5+1,6+1,7+1,8+1,9+1,10+1,20+1,21+1,22+1,23+1,24+1,25+1. The predicted molar refractivity (Wildman–Crippen MR) is 124 cm³/mol. The van der Waals surface area contributed by atoms with Crippen LogP contribution >= 0.6 is 0 Å². The molecular formula is C22H40N6O5. The van der Waals surface area contributed by atoms with Crippen molar-refractivity contribution in [2.75, 3.05) is 72.5 Å². The molecule has 0 aromatic carbocycles. The highest BCUT2D eigenvalue weighted by atomic mass is 16.5. The van der Waals surface area contributed by atoms with Crippen LogP contribution in [-0.2, 0) is 19.2 Å². The lowest BCUT2D eigenvalue weighted by molar-refractivity contribution is -0.137. The molecule has 0 aromatic heterocycles. The number of carbonyl (C=O) groups excluding carboxylic acids is 3. The highest BCUT2D eigenvalue weighted by Crippen LogP contribution is 2.18. The zero-order valence-electron chi connectivity index (χ0n) is 19.8. The first kappa shape index (κ1) is 27.0. The summed E-state index contributed by atoms with van der Waals surface area (Å²) in [4.78, 5) is 53.4. The lowest BCUT2D eigenvalue weighted by Gasteiger charge is -2.36. The number of likely N-dealkylation sites (tertiary alicyclic amines) is 1. The first-order valence-electron chi connectivity index (χ1n) is 12.0. The van der Waals surface area contributed by atoms with Crippen molar-refractivity contribution in [2.45, 2.75) is 44.6 Å². The lowest BCUT2D eigenvalue weighted by Crippen LogP contribution is -2.50. The van der Waals surface area contributed by atoms with E-state index in [0.29, 0.717) is 25.6 Å². The first-order chi connectivity index (χ1) is 15.8. The third kappa shape index (κ3) is 11.4. The average Bonchev–Trinajstić information content (AvgIpc) is 3.19. The van der Waals surface area contributed by atoms with E-state index in [1.807, 2.05) is 0 Å². The number of amides is 3. The van der Waals surface area contributed by atoms with Gasteiger partial charge in [-0.05, 0) is 32.9 Å². The van der Waals surface area contributed by atoms with E-state index < -0.39 is 5.97 Å². The van der Waals surface area contributed by atoms with E-state index in [-0.39, 0.29) is 50.1 Å². The number of likely N-dealkylation sites (N-methyl/N-ethyl adjacent to an activating group) is 1. The number of rotatable bonds is 14. The molecule has 0 aromatic rings. The first-order valence-corrected chi connectivity index (χ1v) is 12.0. The van der Waals surface area contributed by atoms with E-state index in [1.165, 1.54) is 0 Å². The van der Waals surface area contributed by atoms with Crippen LogP contribution in [0.25, 0.3) is 0 Å². The molecule has 0 bridgehead atoms. The van der Waals surface area contributed by atoms with Crippen LogP contribution in [0.4, 0.5) is 0 Å². The molecule has 0 aliphatic carbocycles. The zero-order valence-corrected chi connectivity index (χ0v) is 19.8. The van der Waals surface area contributed by atoms with E-state index in [2.05, 4.69) is 37.7 Å². The molecule has 4 N–H and O–H groups in total. The second-order valence-corrected chi connectivity index (χ2v) is 8.92. The summed E-state index contributed by atoms with van der Waals surface area (Å²) in [5.41, 5.74) is 0. The van der Waals surface area contributed by atoms with E-state index in [4.69, 9.17) is 5.11 Å². The monoisotopic (exact) mass is 481 g/mol. The number of piperazine rings is 1. The highest BCUT2D eigenvalue weighted by Gasteiger charge is 2.28. The van der Waals surface area contributed by atoms with E-state index >= 15 is 0 Å². The molecule has 11 heteroatoms. The summed E-state index contributed by atoms with van der Waals surface area (Å²) in [6.45, 7) is 7.42. The fourth-order valence-electron chi connectivity index (χ4n) is 4.15. The topological polar surface area (TPSA) is 134 Å². The van der Waals surface area contributed by atoms with Crippen molar-refractivity contribution in [3.8, 4) is 0 Å². The minimum atomic E-state index is -0.894. The van der Waals surface area contributed by atoms with Crippen molar-refractivity contribution in [1.82, 2.24) is 30.7 Å². The van der Waals surface area contributed by atoms with Crippen LogP contribution in [-0.4, -0.2) is 122 Å². The van der Waals surface area contributed by atoms with Crippen molar-refractivity contribution >= 4 is 23.7 Å².